The van der Waals surface area contributed by atoms with Crippen LogP contribution in [0.25, 0.3) is 0 Å². The molecule has 0 saturated heterocycles. The van der Waals surface area contributed by atoms with Crippen LogP contribution in [0.3, 0.4) is 0 Å². The van der Waals surface area contributed by atoms with Crippen molar-refractivity contribution in [1.29, 1.82) is 0 Å². The van der Waals surface area contributed by atoms with Gasteiger partial charge in [-0.25, -0.2) is 4.98 Å². The molecule has 1 N–H and O–H groups in total. The summed E-state index contributed by atoms with van der Waals surface area (Å²) in [5.74, 6) is 0.287. The number of aromatic nitrogens is 2. The molecular weight excluding hydrogens is 384 g/mol. The molecule has 0 aliphatic heterocycles. The third-order valence-electron chi connectivity index (χ3n) is 2.59. The van der Waals surface area contributed by atoms with E-state index in [1.807, 2.05) is 30.3 Å². The number of alkyl halides is 3. The summed E-state index contributed by atoms with van der Waals surface area (Å²) in [6.07, 6.45) is -4.08. The van der Waals surface area contributed by atoms with Crippen LogP contribution >= 0.6 is 22.6 Å². The van der Waals surface area contributed by atoms with E-state index in [-0.39, 0.29) is 9.53 Å². The van der Waals surface area contributed by atoms with Gasteiger partial charge in [-0.3, -0.25) is 0 Å². The predicted octanol–water partition coefficient (Wildman–Crippen LogP) is 3.79. The number of H-pyrrole nitrogens is 1. The zero-order valence-electron chi connectivity index (χ0n) is 10.4. The van der Waals surface area contributed by atoms with Crippen molar-refractivity contribution in [3.63, 3.8) is 0 Å². The van der Waals surface area contributed by atoms with Crippen molar-refractivity contribution in [2.75, 3.05) is 6.61 Å². The fourth-order valence-electron chi connectivity index (χ4n) is 1.64. The Balaban J connectivity index is 1.83. The van der Waals surface area contributed by atoms with Gasteiger partial charge in [0.15, 0.2) is 5.69 Å². The van der Waals surface area contributed by atoms with E-state index in [9.17, 15) is 13.2 Å². The van der Waals surface area contributed by atoms with Gasteiger partial charge in [0.05, 0.1) is 13.2 Å². The number of aromatic amines is 1. The normalized spacial score (nSPS) is 11.8. The maximum atomic E-state index is 12.6. The van der Waals surface area contributed by atoms with Crippen molar-refractivity contribution in [2.45, 2.75) is 19.2 Å². The first kappa shape index (κ1) is 15.3. The molecule has 1 heterocycles. The molecule has 1 aromatic carbocycles. The van der Waals surface area contributed by atoms with Gasteiger partial charge in [-0.1, -0.05) is 30.3 Å². The lowest BCUT2D eigenvalue weighted by molar-refractivity contribution is -0.141. The molecule has 108 valence electrons. The maximum absolute atomic E-state index is 12.6. The third-order valence-corrected chi connectivity index (χ3v) is 3.37. The number of benzene rings is 1. The van der Waals surface area contributed by atoms with Crippen LogP contribution in [-0.2, 0) is 23.9 Å². The van der Waals surface area contributed by atoms with E-state index >= 15 is 0 Å². The Labute approximate surface area is 127 Å². The van der Waals surface area contributed by atoms with Gasteiger partial charge in [0.25, 0.3) is 0 Å². The molecule has 2 rings (SSSR count). The van der Waals surface area contributed by atoms with Crippen LogP contribution in [-0.4, -0.2) is 16.6 Å². The van der Waals surface area contributed by atoms with Gasteiger partial charge in [-0.2, -0.15) is 13.2 Å². The molecule has 0 fully saturated rings. The molecule has 2 aromatic rings. The summed E-state index contributed by atoms with van der Waals surface area (Å²) in [6, 6.07) is 9.58. The molecule has 0 saturated carbocycles. The summed E-state index contributed by atoms with van der Waals surface area (Å²) >= 11 is 1.57. The SMILES string of the molecule is FC(F)(F)c1[nH]c(CCOCc2ccccc2)nc1I. The summed E-state index contributed by atoms with van der Waals surface area (Å²) in [5, 5.41) is 0. The van der Waals surface area contributed by atoms with E-state index in [0.717, 1.165) is 5.56 Å². The highest BCUT2D eigenvalue weighted by Crippen LogP contribution is 2.31. The molecule has 20 heavy (non-hydrogen) atoms. The monoisotopic (exact) mass is 396 g/mol. The van der Waals surface area contributed by atoms with Crippen molar-refractivity contribution in [3.05, 3.63) is 51.1 Å². The minimum absolute atomic E-state index is 0.0619. The summed E-state index contributed by atoms with van der Waals surface area (Å²) in [5.41, 5.74) is 0.230. The second kappa shape index (κ2) is 6.57. The number of rotatable bonds is 5. The highest BCUT2D eigenvalue weighted by molar-refractivity contribution is 14.1. The Morgan fingerprint density at radius 2 is 1.90 bits per heavy atom. The largest absolute Gasteiger partial charge is 0.433 e. The lowest BCUT2D eigenvalue weighted by Crippen LogP contribution is -2.07. The van der Waals surface area contributed by atoms with Gasteiger partial charge in [-0.15, -0.1) is 0 Å². The molecule has 0 atom stereocenters. The first-order valence-corrected chi connectivity index (χ1v) is 6.98. The van der Waals surface area contributed by atoms with E-state index in [2.05, 4.69) is 9.97 Å². The standard InChI is InChI=1S/C13H12F3IN2O/c14-13(15,16)11-12(17)19-10(18-11)6-7-20-8-9-4-2-1-3-5-9/h1-5H,6-8H2,(H,18,19). The smallest absolute Gasteiger partial charge is 0.376 e. The molecule has 0 spiro atoms. The van der Waals surface area contributed by atoms with Gasteiger partial charge in [0, 0.05) is 6.42 Å². The number of hydrogen-bond donors (Lipinski definition) is 1. The first-order chi connectivity index (χ1) is 9.47. The van der Waals surface area contributed by atoms with Crippen LogP contribution in [0.2, 0.25) is 0 Å². The second-order valence-corrected chi connectivity index (χ2v) is 5.16. The first-order valence-electron chi connectivity index (χ1n) is 5.90. The number of halogens is 4. The molecule has 7 heteroatoms. The lowest BCUT2D eigenvalue weighted by Gasteiger charge is -2.03. The molecule has 0 amide bonds. The van der Waals surface area contributed by atoms with Crippen LogP contribution in [0.4, 0.5) is 13.2 Å². The summed E-state index contributed by atoms with van der Waals surface area (Å²) in [4.78, 5) is 6.15. The second-order valence-electron chi connectivity index (χ2n) is 4.14. The van der Waals surface area contributed by atoms with Crippen LogP contribution in [0, 0.1) is 3.70 Å². The van der Waals surface area contributed by atoms with Crippen molar-refractivity contribution in [3.8, 4) is 0 Å². The number of imidazole rings is 1. The Morgan fingerprint density at radius 1 is 1.20 bits per heavy atom. The highest BCUT2D eigenvalue weighted by atomic mass is 127. The Morgan fingerprint density at radius 3 is 2.50 bits per heavy atom. The average molecular weight is 396 g/mol. The van der Waals surface area contributed by atoms with Crippen LogP contribution < -0.4 is 0 Å². The minimum Gasteiger partial charge on any atom is -0.376 e. The third kappa shape index (κ3) is 4.20. The molecule has 3 nitrogen and oxygen atoms in total. The van der Waals surface area contributed by atoms with E-state index in [4.69, 9.17) is 4.74 Å². The quantitative estimate of drug-likeness (QED) is 0.617. The van der Waals surface area contributed by atoms with Gasteiger partial charge in [-0.05, 0) is 28.2 Å². The minimum atomic E-state index is -4.40. The zero-order valence-corrected chi connectivity index (χ0v) is 12.5. The van der Waals surface area contributed by atoms with E-state index in [1.165, 1.54) is 0 Å². The lowest BCUT2D eigenvalue weighted by atomic mass is 10.2. The molecule has 1 aromatic heterocycles. The molecule has 0 aliphatic rings. The van der Waals surface area contributed by atoms with Crippen LogP contribution in [0.5, 0.6) is 0 Å². The van der Waals surface area contributed by atoms with Gasteiger partial charge in [0.2, 0.25) is 0 Å². The molecule has 0 radical (unpaired) electrons. The highest BCUT2D eigenvalue weighted by Gasteiger charge is 2.36. The average Bonchev–Trinajstić information content (AvgIpc) is 2.77. The van der Waals surface area contributed by atoms with Crippen molar-refractivity contribution in [2.24, 2.45) is 0 Å². The van der Waals surface area contributed by atoms with Gasteiger partial charge in [0.1, 0.15) is 9.53 Å². The number of hydrogen-bond acceptors (Lipinski definition) is 2. The van der Waals surface area contributed by atoms with Gasteiger partial charge >= 0.3 is 6.18 Å². The number of nitrogens with zero attached hydrogens (tertiary/aromatic N) is 1. The molecule has 0 aliphatic carbocycles. The van der Waals surface area contributed by atoms with Gasteiger partial charge < -0.3 is 9.72 Å². The van der Waals surface area contributed by atoms with Crippen molar-refractivity contribution >= 4 is 22.6 Å². The molecule has 0 bridgehead atoms. The topological polar surface area (TPSA) is 37.9 Å². The van der Waals surface area contributed by atoms with Crippen molar-refractivity contribution < 1.29 is 17.9 Å². The zero-order chi connectivity index (χ0) is 14.6. The fraction of sp³-hybridized carbons (Fsp3) is 0.308. The number of ether oxygens (including phenoxy) is 1. The Hall–Kier alpha value is -1.09. The number of nitrogens with one attached hydrogen (secondary N) is 1. The van der Waals surface area contributed by atoms with Crippen molar-refractivity contribution in [1.82, 2.24) is 9.97 Å². The fourth-order valence-corrected chi connectivity index (χ4v) is 2.37. The Kier molecular flexibility index (Phi) is 5.03. The van der Waals surface area contributed by atoms with E-state index < -0.39 is 11.9 Å². The predicted molar refractivity (Wildman–Crippen MR) is 76.1 cm³/mol. The van der Waals surface area contributed by atoms with Crippen LogP contribution in [0.1, 0.15) is 17.1 Å². The summed E-state index contributed by atoms with van der Waals surface area (Å²) in [7, 11) is 0. The van der Waals surface area contributed by atoms with E-state index in [0.29, 0.717) is 19.6 Å². The van der Waals surface area contributed by atoms with E-state index in [1.54, 1.807) is 22.6 Å². The molecular formula is C13H12F3IN2O. The molecule has 0 unspecified atom stereocenters. The van der Waals surface area contributed by atoms with Crippen LogP contribution in [0.15, 0.2) is 30.3 Å². The summed E-state index contributed by atoms with van der Waals surface area (Å²) in [6.45, 7) is 0.751. The summed E-state index contributed by atoms with van der Waals surface area (Å²) < 4.78 is 43.0. The maximum Gasteiger partial charge on any atom is 0.433 e. The Bertz CT molecular complexity index is 554.